The number of benzene rings is 1. The van der Waals surface area contributed by atoms with Gasteiger partial charge in [-0.25, -0.2) is 0 Å². The molecule has 2 aromatic rings. The molecule has 0 aliphatic heterocycles. The highest BCUT2D eigenvalue weighted by Crippen LogP contribution is 2.26. The second kappa shape index (κ2) is 7.94. The van der Waals surface area contributed by atoms with Crippen molar-refractivity contribution in [1.82, 2.24) is 9.88 Å². The molecule has 0 atom stereocenters. The summed E-state index contributed by atoms with van der Waals surface area (Å²) in [5, 5.41) is 8.83. The van der Waals surface area contributed by atoms with E-state index in [1.165, 1.54) is 0 Å². The number of aliphatic carboxylic acids is 1. The molecular formula is C16H20N2O4S. The Morgan fingerprint density at radius 1 is 1.35 bits per heavy atom. The van der Waals surface area contributed by atoms with Crippen LogP contribution in [0.2, 0.25) is 0 Å². The highest BCUT2D eigenvalue weighted by Gasteiger charge is 2.14. The number of thiazole rings is 1. The van der Waals surface area contributed by atoms with Crippen LogP contribution in [0.3, 0.4) is 0 Å². The second-order valence-electron chi connectivity index (χ2n) is 5.25. The third-order valence-corrected chi connectivity index (χ3v) is 4.02. The monoisotopic (exact) mass is 336 g/mol. The van der Waals surface area contributed by atoms with Crippen molar-refractivity contribution in [2.24, 2.45) is 0 Å². The van der Waals surface area contributed by atoms with Crippen LogP contribution in [0.4, 0.5) is 0 Å². The van der Waals surface area contributed by atoms with Gasteiger partial charge < -0.3 is 14.8 Å². The molecule has 2 N–H and O–H groups in total. The van der Waals surface area contributed by atoms with Gasteiger partial charge >= 0.3 is 10.8 Å². The summed E-state index contributed by atoms with van der Waals surface area (Å²) in [4.78, 5) is 27.6. The molecule has 0 spiro atoms. The number of hydrogen-bond acceptors (Lipinski definition) is 5. The topological polar surface area (TPSA) is 82.6 Å². The van der Waals surface area contributed by atoms with Crippen molar-refractivity contribution in [3.8, 4) is 17.0 Å². The van der Waals surface area contributed by atoms with Crippen LogP contribution in [0.5, 0.6) is 5.75 Å². The maximum absolute atomic E-state index is 11.7. The number of aromatic amines is 1. The molecule has 0 bridgehead atoms. The predicted molar refractivity (Wildman–Crippen MR) is 90.1 cm³/mol. The number of carboxylic acid groups (broad SMARTS) is 1. The number of nitrogens with one attached hydrogen (secondary N) is 1. The van der Waals surface area contributed by atoms with Crippen LogP contribution in [0.15, 0.2) is 29.1 Å². The van der Waals surface area contributed by atoms with Gasteiger partial charge in [-0.3, -0.25) is 14.5 Å². The van der Waals surface area contributed by atoms with Gasteiger partial charge in [-0.05, 0) is 43.3 Å². The highest BCUT2D eigenvalue weighted by atomic mass is 32.1. The Balaban J connectivity index is 2.19. The summed E-state index contributed by atoms with van der Waals surface area (Å²) in [6.45, 7) is 3.04. The van der Waals surface area contributed by atoms with Gasteiger partial charge in [-0.15, -0.1) is 0 Å². The zero-order chi connectivity index (χ0) is 16.8. The van der Waals surface area contributed by atoms with Gasteiger partial charge in [0.1, 0.15) is 5.75 Å². The smallest absolute Gasteiger partial charge is 0.317 e. The van der Waals surface area contributed by atoms with Crippen LogP contribution in [0.1, 0.15) is 18.2 Å². The summed E-state index contributed by atoms with van der Waals surface area (Å²) in [6.07, 6.45) is 0.944. The largest absolute Gasteiger partial charge is 0.494 e. The van der Waals surface area contributed by atoms with Crippen LogP contribution < -0.4 is 9.61 Å². The van der Waals surface area contributed by atoms with E-state index in [1.807, 2.05) is 31.2 Å². The Bertz CT molecular complexity index is 706. The van der Waals surface area contributed by atoms with Gasteiger partial charge in [0.25, 0.3) is 0 Å². The van der Waals surface area contributed by atoms with E-state index in [4.69, 9.17) is 9.84 Å². The summed E-state index contributed by atoms with van der Waals surface area (Å²) >= 11 is 1.11. The van der Waals surface area contributed by atoms with Crippen molar-refractivity contribution in [2.45, 2.75) is 19.9 Å². The quantitative estimate of drug-likeness (QED) is 0.773. The van der Waals surface area contributed by atoms with Gasteiger partial charge in [0.2, 0.25) is 0 Å². The zero-order valence-electron chi connectivity index (χ0n) is 13.2. The SMILES string of the molecule is CCCOc1ccc(-c2[nH]c(=O)sc2CN(C)CC(=O)O)cc1. The first-order chi connectivity index (χ1) is 11.0. The van der Waals surface area contributed by atoms with Crippen LogP contribution in [-0.4, -0.2) is 41.2 Å². The van der Waals surface area contributed by atoms with Crippen LogP contribution in [0, 0.1) is 0 Å². The fraction of sp³-hybridized carbons (Fsp3) is 0.375. The Hall–Kier alpha value is -2.12. The number of nitrogens with zero attached hydrogens (tertiary/aromatic N) is 1. The zero-order valence-corrected chi connectivity index (χ0v) is 14.0. The number of rotatable bonds is 8. The lowest BCUT2D eigenvalue weighted by molar-refractivity contribution is -0.138. The molecule has 23 heavy (non-hydrogen) atoms. The van der Waals surface area contributed by atoms with E-state index in [9.17, 15) is 9.59 Å². The third-order valence-electron chi connectivity index (χ3n) is 3.16. The van der Waals surface area contributed by atoms with E-state index >= 15 is 0 Å². The van der Waals surface area contributed by atoms with Crippen molar-refractivity contribution < 1.29 is 14.6 Å². The predicted octanol–water partition coefficient (Wildman–Crippen LogP) is 2.41. The fourth-order valence-corrected chi connectivity index (χ4v) is 3.11. The lowest BCUT2D eigenvalue weighted by Gasteiger charge is -2.13. The first kappa shape index (κ1) is 17.2. The van der Waals surface area contributed by atoms with Crippen LogP contribution in [-0.2, 0) is 11.3 Å². The maximum Gasteiger partial charge on any atom is 0.317 e. The molecule has 1 aromatic heterocycles. The molecule has 1 aromatic carbocycles. The first-order valence-electron chi connectivity index (χ1n) is 7.35. The molecule has 0 aliphatic carbocycles. The maximum atomic E-state index is 11.7. The minimum atomic E-state index is -0.894. The number of H-pyrrole nitrogens is 1. The Labute approximate surface area is 138 Å². The average molecular weight is 336 g/mol. The lowest BCUT2D eigenvalue weighted by atomic mass is 10.1. The van der Waals surface area contributed by atoms with E-state index < -0.39 is 5.97 Å². The summed E-state index contributed by atoms with van der Waals surface area (Å²) < 4.78 is 5.55. The number of hydrogen-bond donors (Lipinski definition) is 2. The summed E-state index contributed by atoms with van der Waals surface area (Å²) in [5.74, 6) is -0.105. The van der Waals surface area contributed by atoms with Gasteiger partial charge in [0, 0.05) is 11.4 Å². The van der Waals surface area contributed by atoms with Crippen LogP contribution in [0.25, 0.3) is 11.3 Å². The van der Waals surface area contributed by atoms with Gasteiger partial charge in [0.15, 0.2) is 0 Å². The van der Waals surface area contributed by atoms with Crippen molar-refractivity contribution in [2.75, 3.05) is 20.2 Å². The standard InChI is InChI=1S/C16H20N2O4S/c1-3-8-22-12-6-4-11(5-7-12)15-13(23-16(21)17-15)9-18(2)10-14(19)20/h4-7H,3,8-10H2,1-2H3,(H,17,21)(H,19,20). The van der Waals surface area contributed by atoms with Crippen molar-refractivity contribution >= 4 is 17.3 Å². The third kappa shape index (κ3) is 4.94. The van der Waals surface area contributed by atoms with E-state index in [2.05, 4.69) is 4.98 Å². The average Bonchev–Trinajstić information content (AvgIpc) is 2.85. The number of carbonyl (C=O) groups is 1. The first-order valence-corrected chi connectivity index (χ1v) is 8.16. The molecule has 0 saturated heterocycles. The normalized spacial score (nSPS) is 10.9. The van der Waals surface area contributed by atoms with Gasteiger partial charge in [-0.1, -0.05) is 18.3 Å². The number of likely N-dealkylation sites (N-methyl/N-ethyl adjacent to an activating group) is 1. The molecule has 2 rings (SSSR count). The second-order valence-corrected chi connectivity index (χ2v) is 6.32. The molecule has 0 unspecified atom stereocenters. The number of aromatic nitrogens is 1. The van der Waals surface area contributed by atoms with Crippen molar-refractivity contribution in [3.63, 3.8) is 0 Å². The van der Waals surface area contributed by atoms with Gasteiger partial charge in [0.05, 0.1) is 18.8 Å². The Kier molecular flexibility index (Phi) is 5.95. The molecule has 0 fully saturated rings. The Morgan fingerprint density at radius 2 is 2.04 bits per heavy atom. The molecule has 7 heteroatoms. The van der Waals surface area contributed by atoms with Gasteiger partial charge in [-0.2, -0.15) is 0 Å². The highest BCUT2D eigenvalue weighted by molar-refractivity contribution is 7.09. The lowest BCUT2D eigenvalue weighted by Crippen LogP contribution is -2.24. The molecular weight excluding hydrogens is 316 g/mol. The van der Waals surface area contributed by atoms with Crippen molar-refractivity contribution in [3.05, 3.63) is 38.8 Å². The summed E-state index contributed by atoms with van der Waals surface area (Å²) in [7, 11) is 1.71. The number of ether oxygens (including phenoxy) is 1. The molecule has 124 valence electrons. The molecule has 0 aliphatic rings. The van der Waals surface area contributed by atoms with E-state index in [1.54, 1.807) is 11.9 Å². The molecule has 1 heterocycles. The molecule has 0 saturated carbocycles. The fourth-order valence-electron chi connectivity index (χ4n) is 2.17. The minimum Gasteiger partial charge on any atom is -0.494 e. The van der Waals surface area contributed by atoms with Crippen LogP contribution >= 0.6 is 11.3 Å². The number of carboxylic acids is 1. The van der Waals surface area contributed by atoms with Crippen molar-refractivity contribution in [1.29, 1.82) is 0 Å². The molecule has 6 nitrogen and oxygen atoms in total. The van der Waals surface area contributed by atoms with E-state index in [0.29, 0.717) is 13.2 Å². The molecule has 0 amide bonds. The summed E-state index contributed by atoms with van der Waals surface area (Å²) in [5.41, 5.74) is 1.62. The Morgan fingerprint density at radius 3 is 2.65 bits per heavy atom. The minimum absolute atomic E-state index is 0.0741. The van der Waals surface area contributed by atoms with E-state index in [0.717, 1.165) is 39.6 Å². The van der Waals surface area contributed by atoms with E-state index in [-0.39, 0.29) is 11.4 Å². The molecule has 0 radical (unpaired) electrons. The summed E-state index contributed by atoms with van der Waals surface area (Å²) in [6, 6.07) is 7.52.